The molecule has 0 heterocycles. The molecule has 0 atom stereocenters. The predicted molar refractivity (Wildman–Crippen MR) is 192 cm³/mol. The van der Waals surface area contributed by atoms with E-state index in [0.717, 1.165) is 12.8 Å². The third-order valence-electron chi connectivity index (χ3n) is 9.52. The Balaban J connectivity index is 1.69. The van der Waals surface area contributed by atoms with E-state index in [0.29, 0.717) is 5.75 Å². The van der Waals surface area contributed by atoms with Gasteiger partial charge in [0, 0.05) is 5.56 Å². The zero-order chi connectivity index (χ0) is 30.6. The van der Waals surface area contributed by atoms with Gasteiger partial charge in [0.2, 0.25) is 0 Å². The average Bonchev–Trinajstić information content (AvgIpc) is 3.03. The lowest BCUT2D eigenvalue weighted by Crippen LogP contribution is -1.99. The monoisotopic (exact) mass is 591 g/mol. The number of unbranched alkanes of at least 4 members (excludes halogenated alkanes) is 24. The van der Waals surface area contributed by atoms with Crippen LogP contribution in [0.15, 0.2) is 42.5 Å². The van der Waals surface area contributed by atoms with Gasteiger partial charge in [0.05, 0.1) is 0 Å². The van der Waals surface area contributed by atoms with Crippen molar-refractivity contribution in [1.82, 2.24) is 0 Å². The van der Waals surface area contributed by atoms with E-state index in [2.05, 4.69) is 50.2 Å². The number of rotatable bonds is 29. The van der Waals surface area contributed by atoms with Gasteiger partial charge in [-0.2, -0.15) is 0 Å². The van der Waals surface area contributed by atoms with Gasteiger partial charge in [-0.1, -0.05) is 204 Å². The van der Waals surface area contributed by atoms with Crippen LogP contribution in [0.25, 0.3) is 11.1 Å². The molecule has 0 spiro atoms. The molecular weight excluding hydrogens is 520 g/mol. The topological polar surface area (TPSA) is 20.2 Å². The first-order chi connectivity index (χ1) is 21.3. The van der Waals surface area contributed by atoms with E-state index in [-0.39, 0.29) is 0 Å². The summed E-state index contributed by atoms with van der Waals surface area (Å²) in [6.45, 7) is 4.59. The average molecular weight is 591 g/mol. The van der Waals surface area contributed by atoms with E-state index in [1.165, 1.54) is 189 Å². The minimum atomic E-state index is 0.493. The molecule has 0 aliphatic rings. The van der Waals surface area contributed by atoms with Crippen LogP contribution in [0.3, 0.4) is 0 Å². The minimum absolute atomic E-state index is 0.493. The van der Waals surface area contributed by atoms with Crippen molar-refractivity contribution in [2.24, 2.45) is 0 Å². The van der Waals surface area contributed by atoms with Gasteiger partial charge < -0.3 is 5.11 Å². The second kappa shape index (κ2) is 26.6. The Bertz CT molecular complexity index is 885. The number of hydrogen-bond acceptors (Lipinski definition) is 1. The minimum Gasteiger partial charge on any atom is -0.508 e. The molecule has 0 unspecified atom stereocenters. The van der Waals surface area contributed by atoms with Crippen molar-refractivity contribution in [2.75, 3.05) is 0 Å². The summed E-state index contributed by atoms with van der Waals surface area (Å²) in [6.07, 6.45) is 38.1. The molecule has 2 rings (SSSR count). The normalized spacial score (nSPS) is 11.4. The molecule has 1 heteroatoms. The molecule has 0 fully saturated rings. The maximum Gasteiger partial charge on any atom is 0.119 e. The summed E-state index contributed by atoms with van der Waals surface area (Å²) in [6, 6.07) is 15.0. The van der Waals surface area contributed by atoms with Crippen LogP contribution in [0.4, 0.5) is 0 Å². The zero-order valence-corrected chi connectivity index (χ0v) is 28.8. The molecule has 244 valence electrons. The lowest BCUT2D eigenvalue weighted by molar-refractivity contribution is 0.465. The lowest BCUT2D eigenvalue weighted by Gasteiger charge is -2.17. The van der Waals surface area contributed by atoms with E-state index in [4.69, 9.17) is 0 Å². The fourth-order valence-electron chi connectivity index (χ4n) is 6.76. The molecule has 2 aromatic carbocycles. The van der Waals surface area contributed by atoms with Gasteiger partial charge in [-0.15, -0.1) is 0 Å². The van der Waals surface area contributed by atoms with E-state index in [1.807, 2.05) is 6.07 Å². The van der Waals surface area contributed by atoms with Gasteiger partial charge in [-0.05, 0) is 48.4 Å². The lowest BCUT2D eigenvalue weighted by atomic mass is 9.88. The molecule has 0 amide bonds. The highest BCUT2D eigenvalue weighted by Gasteiger charge is 2.15. The zero-order valence-electron chi connectivity index (χ0n) is 28.8. The Morgan fingerprint density at radius 3 is 1.19 bits per heavy atom. The van der Waals surface area contributed by atoms with Crippen LogP contribution in [0.2, 0.25) is 0 Å². The summed E-state index contributed by atoms with van der Waals surface area (Å²) < 4.78 is 0. The van der Waals surface area contributed by atoms with E-state index < -0.39 is 0 Å². The van der Waals surface area contributed by atoms with Crippen LogP contribution in [-0.4, -0.2) is 5.11 Å². The van der Waals surface area contributed by atoms with Crippen LogP contribution < -0.4 is 0 Å². The first kappa shape index (κ1) is 37.4. The second-order valence-corrected chi connectivity index (χ2v) is 13.4. The van der Waals surface area contributed by atoms with Crippen molar-refractivity contribution < 1.29 is 5.11 Å². The first-order valence-corrected chi connectivity index (χ1v) is 19.2. The molecule has 0 bridgehead atoms. The largest absolute Gasteiger partial charge is 0.508 e. The number of hydrogen-bond donors (Lipinski definition) is 1. The van der Waals surface area contributed by atoms with Crippen molar-refractivity contribution in [3.05, 3.63) is 53.6 Å². The van der Waals surface area contributed by atoms with Gasteiger partial charge in [0.15, 0.2) is 0 Å². The molecule has 1 nitrogen and oxygen atoms in total. The second-order valence-electron chi connectivity index (χ2n) is 13.4. The van der Waals surface area contributed by atoms with Gasteiger partial charge >= 0.3 is 0 Å². The number of aryl methyl sites for hydroxylation is 1. The SMILES string of the molecule is CCCCCCCCCCCCCCCc1ccc(O)c(CCCCCCCCCCCCCCC)c1-c1ccccc1. The summed E-state index contributed by atoms with van der Waals surface area (Å²) in [5.74, 6) is 0.493. The van der Waals surface area contributed by atoms with Gasteiger partial charge in [-0.3, -0.25) is 0 Å². The van der Waals surface area contributed by atoms with Crippen LogP contribution in [0, 0.1) is 0 Å². The number of aromatic hydroxyl groups is 1. The number of phenolic OH excluding ortho intramolecular Hbond substituents is 1. The van der Waals surface area contributed by atoms with E-state index in [9.17, 15) is 5.11 Å². The summed E-state index contributed by atoms with van der Waals surface area (Å²) in [5.41, 5.74) is 5.20. The van der Waals surface area contributed by atoms with Gasteiger partial charge in [-0.25, -0.2) is 0 Å². The maximum atomic E-state index is 11.0. The van der Waals surface area contributed by atoms with Crippen molar-refractivity contribution >= 4 is 0 Å². The van der Waals surface area contributed by atoms with Gasteiger partial charge in [0.25, 0.3) is 0 Å². The van der Waals surface area contributed by atoms with Crippen LogP contribution in [0.5, 0.6) is 5.75 Å². The Hall–Kier alpha value is -1.76. The Kier molecular flexibility index (Phi) is 23.2. The molecule has 0 aliphatic carbocycles. The Morgan fingerprint density at radius 2 is 0.767 bits per heavy atom. The van der Waals surface area contributed by atoms with Crippen LogP contribution in [-0.2, 0) is 12.8 Å². The van der Waals surface area contributed by atoms with Gasteiger partial charge in [0.1, 0.15) is 5.75 Å². The van der Waals surface area contributed by atoms with Crippen molar-refractivity contribution in [2.45, 2.75) is 194 Å². The molecule has 1 N–H and O–H groups in total. The fraction of sp³-hybridized carbons (Fsp3) is 0.714. The van der Waals surface area contributed by atoms with Crippen LogP contribution in [0.1, 0.15) is 192 Å². The highest BCUT2D eigenvalue weighted by atomic mass is 16.3. The molecule has 0 aromatic heterocycles. The third kappa shape index (κ3) is 18.0. The summed E-state index contributed by atoms with van der Waals surface area (Å²) >= 11 is 0. The molecule has 0 saturated carbocycles. The molecule has 0 aliphatic heterocycles. The quantitative estimate of drug-likeness (QED) is 0.0934. The van der Waals surface area contributed by atoms with Crippen LogP contribution >= 0.6 is 0 Å². The standard InChI is InChI=1S/C42H70O/c1-3-5-7-9-11-13-15-17-19-21-23-25-28-34-39-36-37-41(43)40(42(39)38-32-29-27-30-33-38)35-31-26-24-22-20-18-16-14-12-10-8-6-4-2/h27,29-30,32-33,36-37,43H,3-26,28,31,34-35H2,1-2H3. The highest BCUT2D eigenvalue weighted by molar-refractivity contribution is 5.73. The molecular formula is C42H70O. The summed E-state index contributed by atoms with van der Waals surface area (Å²) in [5, 5.41) is 11.0. The Morgan fingerprint density at radius 1 is 0.395 bits per heavy atom. The predicted octanol–water partition coefficient (Wildman–Crippen LogP) is 14.3. The van der Waals surface area contributed by atoms with Crippen molar-refractivity contribution in [3.63, 3.8) is 0 Å². The van der Waals surface area contributed by atoms with Crippen molar-refractivity contribution in [1.29, 1.82) is 0 Å². The molecule has 0 saturated heterocycles. The number of benzene rings is 2. The first-order valence-electron chi connectivity index (χ1n) is 19.2. The van der Waals surface area contributed by atoms with Crippen molar-refractivity contribution in [3.8, 4) is 16.9 Å². The third-order valence-corrected chi connectivity index (χ3v) is 9.52. The smallest absolute Gasteiger partial charge is 0.119 e. The fourth-order valence-corrected chi connectivity index (χ4v) is 6.76. The molecule has 43 heavy (non-hydrogen) atoms. The maximum absolute atomic E-state index is 11.0. The van der Waals surface area contributed by atoms with E-state index >= 15 is 0 Å². The Labute approximate surface area is 268 Å². The highest BCUT2D eigenvalue weighted by Crippen LogP contribution is 2.36. The molecule has 0 radical (unpaired) electrons. The number of phenols is 1. The van der Waals surface area contributed by atoms with E-state index in [1.54, 1.807) is 0 Å². The molecule has 2 aromatic rings. The summed E-state index contributed by atoms with van der Waals surface area (Å²) in [4.78, 5) is 0. The summed E-state index contributed by atoms with van der Waals surface area (Å²) in [7, 11) is 0.